The Morgan fingerprint density at radius 1 is 1.17 bits per heavy atom. The number of carbonyl (C=O) groups is 3. The zero-order valence-electron chi connectivity index (χ0n) is 21.1. The Labute approximate surface area is 210 Å². The van der Waals surface area contributed by atoms with Gasteiger partial charge in [0, 0.05) is 29.7 Å². The van der Waals surface area contributed by atoms with Crippen LogP contribution in [0.2, 0.25) is 0 Å². The summed E-state index contributed by atoms with van der Waals surface area (Å²) >= 11 is 0. The molecule has 1 aromatic carbocycles. The minimum atomic E-state index is -1.10. The van der Waals surface area contributed by atoms with Crippen molar-refractivity contribution in [2.75, 3.05) is 6.54 Å². The zero-order chi connectivity index (χ0) is 26.3. The van der Waals surface area contributed by atoms with Crippen LogP contribution >= 0.6 is 0 Å². The van der Waals surface area contributed by atoms with Crippen molar-refractivity contribution >= 4 is 17.8 Å². The molecule has 0 spiro atoms. The van der Waals surface area contributed by atoms with Gasteiger partial charge in [0.2, 0.25) is 5.91 Å². The predicted molar refractivity (Wildman–Crippen MR) is 132 cm³/mol. The number of carboxylic acids is 1. The number of furan rings is 1. The Balaban J connectivity index is 1.43. The van der Waals surface area contributed by atoms with Crippen LogP contribution in [0.5, 0.6) is 0 Å². The number of amides is 2. The Bertz CT molecular complexity index is 1160. The summed E-state index contributed by atoms with van der Waals surface area (Å²) in [5, 5.41) is 16.4. The van der Waals surface area contributed by atoms with Crippen LogP contribution < -0.4 is 10.6 Å². The highest BCUT2D eigenvalue weighted by molar-refractivity contribution is 5.96. The van der Waals surface area contributed by atoms with Gasteiger partial charge in [-0.15, -0.1) is 0 Å². The third kappa shape index (κ3) is 5.31. The fraction of sp³-hybridized carbons (Fsp3) is 0.519. The molecule has 1 saturated carbocycles. The van der Waals surface area contributed by atoms with Crippen molar-refractivity contribution in [3.8, 4) is 11.3 Å². The molecular formula is C27H34FN3O5. The van der Waals surface area contributed by atoms with Crippen LogP contribution in [0.4, 0.5) is 4.39 Å². The highest BCUT2D eigenvalue weighted by Gasteiger charge is 2.52. The Morgan fingerprint density at radius 3 is 2.58 bits per heavy atom. The van der Waals surface area contributed by atoms with Crippen molar-refractivity contribution in [3.63, 3.8) is 0 Å². The summed E-state index contributed by atoms with van der Waals surface area (Å²) in [6.45, 7) is 8.24. The van der Waals surface area contributed by atoms with E-state index in [1.165, 1.54) is 18.2 Å². The van der Waals surface area contributed by atoms with E-state index in [2.05, 4.69) is 31.4 Å². The van der Waals surface area contributed by atoms with Gasteiger partial charge in [0.15, 0.2) is 5.76 Å². The monoisotopic (exact) mass is 499 g/mol. The van der Waals surface area contributed by atoms with E-state index in [4.69, 9.17) is 4.42 Å². The van der Waals surface area contributed by atoms with Crippen molar-refractivity contribution in [2.24, 2.45) is 5.41 Å². The maximum absolute atomic E-state index is 13.5. The Kier molecular flexibility index (Phi) is 6.96. The molecule has 1 unspecified atom stereocenters. The molecule has 1 aliphatic carbocycles. The van der Waals surface area contributed by atoms with E-state index in [1.54, 1.807) is 30.0 Å². The van der Waals surface area contributed by atoms with Gasteiger partial charge in [-0.25, -0.2) is 4.39 Å². The van der Waals surface area contributed by atoms with Crippen molar-refractivity contribution in [1.29, 1.82) is 0 Å². The summed E-state index contributed by atoms with van der Waals surface area (Å²) in [4.78, 5) is 40.1. The van der Waals surface area contributed by atoms with Crippen molar-refractivity contribution in [2.45, 2.75) is 77.0 Å². The summed E-state index contributed by atoms with van der Waals surface area (Å²) in [5.41, 5.74) is -0.742. The van der Waals surface area contributed by atoms with Crippen LogP contribution in [0.3, 0.4) is 0 Å². The molecule has 4 atom stereocenters. The number of halogens is 1. The first-order chi connectivity index (χ1) is 16.9. The number of carbonyl (C=O) groups excluding carboxylic acids is 2. The van der Waals surface area contributed by atoms with Gasteiger partial charge in [-0.3, -0.25) is 14.4 Å². The maximum Gasteiger partial charge on any atom is 0.311 e. The molecule has 8 nitrogen and oxygen atoms in total. The Hall–Kier alpha value is -3.20. The van der Waals surface area contributed by atoms with Gasteiger partial charge in [0.1, 0.15) is 17.6 Å². The lowest BCUT2D eigenvalue weighted by molar-refractivity contribution is -0.158. The average molecular weight is 500 g/mol. The molecule has 3 N–H and O–H groups in total. The summed E-state index contributed by atoms with van der Waals surface area (Å²) in [6, 6.07) is 7.75. The number of likely N-dealkylation sites (tertiary alicyclic amines) is 1. The van der Waals surface area contributed by atoms with Crippen molar-refractivity contribution in [1.82, 2.24) is 15.5 Å². The standard InChI is InChI=1S/C27H34FN3O5/c1-26(2,3)30-18-8-11-22(27(4,15-18)25(34)35)31-13-12-19(24(31)33)29-23(32)21-10-9-20(36-21)16-6-5-7-17(28)14-16/h5-7,9-10,14,18-19,22,30H,8,11-13,15H2,1-4H3,(H,29,32)(H,34,35)/t18-,19?,22+,27-/m1/s1. The van der Waals surface area contributed by atoms with E-state index >= 15 is 0 Å². The number of rotatable bonds is 6. The van der Waals surface area contributed by atoms with Gasteiger partial charge in [-0.1, -0.05) is 12.1 Å². The number of carboxylic acid groups (broad SMARTS) is 1. The van der Waals surface area contributed by atoms with Gasteiger partial charge in [-0.05, 0) is 77.6 Å². The molecular weight excluding hydrogens is 465 g/mol. The van der Waals surface area contributed by atoms with E-state index in [1.807, 2.05) is 0 Å². The summed E-state index contributed by atoms with van der Waals surface area (Å²) < 4.78 is 19.1. The van der Waals surface area contributed by atoms with Crippen LogP contribution in [0.25, 0.3) is 11.3 Å². The van der Waals surface area contributed by atoms with E-state index < -0.39 is 35.2 Å². The molecule has 36 heavy (non-hydrogen) atoms. The quantitative estimate of drug-likeness (QED) is 0.557. The van der Waals surface area contributed by atoms with Gasteiger partial charge in [0.25, 0.3) is 5.91 Å². The molecule has 1 aliphatic heterocycles. The molecule has 2 fully saturated rings. The molecule has 2 heterocycles. The minimum absolute atomic E-state index is 0.0182. The van der Waals surface area contributed by atoms with Crippen molar-refractivity contribution in [3.05, 3.63) is 48.0 Å². The third-order valence-corrected chi connectivity index (χ3v) is 7.18. The maximum atomic E-state index is 13.5. The summed E-state index contributed by atoms with van der Waals surface area (Å²) in [7, 11) is 0. The fourth-order valence-electron chi connectivity index (χ4n) is 5.52. The normalized spacial score (nSPS) is 26.8. The SMILES string of the molecule is CC(C)(C)N[C@@H]1CC[C@H](N2CCC(NC(=O)c3ccc(-c4cccc(F)c4)o3)C2=O)[C@](C)(C(=O)O)C1. The zero-order valence-corrected chi connectivity index (χ0v) is 21.1. The lowest BCUT2D eigenvalue weighted by Gasteiger charge is -2.47. The lowest BCUT2D eigenvalue weighted by Crippen LogP contribution is -2.59. The number of hydrogen-bond acceptors (Lipinski definition) is 5. The Morgan fingerprint density at radius 2 is 1.92 bits per heavy atom. The van der Waals surface area contributed by atoms with Crippen LogP contribution in [0, 0.1) is 11.2 Å². The number of aliphatic carboxylic acids is 1. The molecule has 4 rings (SSSR count). The first-order valence-corrected chi connectivity index (χ1v) is 12.4. The highest BCUT2D eigenvalue weighted by Crippen LogP contribution is 2.41. The van der Waals surface area contributed by atoms with Crippen LogP contribution in [-0.2, 0) is 9.59 Å². The molecule has 0 radical (unpaired) electrons. The van der Waals surface area contributed by atoms with Gasteiger partial charge in [0.05, 0.1) is 5.41 Å². The second-order valence-corrected chi connectivity index (χ2v) is 11.1. The number of benzene rings is 1. The highest BCUT2D eigenvalue weighted by atomic mass is 19.1. The molecule has 2 aliphatic rings. The molecule has 9 heteroatoms. The fourth-order valence-corrected chi connectivity index (χ4v) is 5.52. The number of nitrogens with one attached hydrogen (secondary N) is 2. The van der Waals surface area contributed by atoms with E-state index in [0.29, 0.717) is 37.1 Å². The second kappa shape index (κ2) is 9.69. The second-order valence-electron chi connectivity index (χ2n) is 11.1. The summed E-state index contributed by atoms with van der Waals surface area (Å²) in [5.74, 6) is -1.80. The van der Waals surface area contributed by atoms with E-state index in [9.17, 15) is 23.9 Å². The molecule has 0 bridgehead atoms. The van der Waals surface area contributed by atoms with Crippen LogP contribution in [0.15, 0.2) is 40.8 Å². The van der Waals surface area contributed by atoms with E-state index in [-0.39, 0.29) is 23.2 Å². The van der Waals surface area contributed by atoms with E-state index in [0.717, 1.165) is 6.42 Å². The predicted octanol–water partition coefficient (Wildman–Crippen LogP) is 3.82. The molecule has 2 amide bonds. The van der Waals surface area contributed by atoms with Crippen LogP contribution in [0.1, 0.15) is 63.9 Å². The third-order valence-electron chi connectivity index (χ3n) is 7.18. The summed E-state index contributed by atoms with van der Waals surface area (Å²) in [6.07, 6.45) is 2.14. The first kappa shape index (κ1) is 25.9. The minimum Gasteiger partial charge on any atom is -0.481 e. The smallest absolute Gasteiger partial charge is 0.311 e. The van der Waals surface area contributed by atoms with Gasteiger partial charge < -0.3 is 25.1 Å². The molecule has 2 aromatic rings. The molecule has 194 valence electrons. The molecule has 1 saturated heterocycles. The topological polar surface area (TPSA) is 112 Å². The lowest BCUT2D eigenvalue weighted by atomic mass is 9.68. The molecule has 1 aromatic heterocycles. The van der Waals surface area contributed by atoms with Crippen LogP contribution in [-0.4, -0.2) is 58.0 Å². The number of nitrogens with zero attached hydrogens (tertiary/aromatic N) is 1. The van der Waals surface area contributed by atoms with Crippen molar-refractivity contribution < 1.29 is 28.3 Å². The number of hydrogen-bond donors (Lipinski definition) is 3. The van der Waals surface area contributed by atoms with Gasteiger partial charge in [-0.2, -0.15) is 0 Å². The average Bonchev–Trinajstić information content (AvgIpc) is 3.41. The van der Waals surface area contributed by atoms with Gasteiger partial charge >= 0.3 is 5.97 Å². The largest absolute Gasteiger partial charge is 0.481 e. The first-order valence-electron chi connectivity index (χ1n) is 12.4.